The molecule has 6 heteroatoms. The molecular formula is C18H22N2O4. The van der Waals surface area contributed by atoms with Crippen molar-refractivity contribution in [2.24, 2.45) is 0 Å². The number of hydrogen-bond acceptors (Lipinski definition) is 4. The molecule has 2 amide bonds. The zero-order valence-electron chi connectivity index (χ0n) is 14.0. The van der Waals surface area contributed by atoms with Crippen LogP contribution in [0.2, 0.25) is 0 Å². The van der Waals surface area contributed by atoms with Crippen LogP contribution in [0.4, 0.5) is 4.79 Å². The lowest BCUT2D eigenvalue weighted by Gasteiger charge is -2.18. The second-order valence-corrected chi connectivity index (χ2v) is 5.18. The first kappa shape index (κ1) is 17.6. The van der Waals surface area contributed by atoms with Gasteiger partial charge in [-0.3, -0.25) is 4.84 Å². The first-order valence-corrected chi connectivity index (χ1v) is 7.58. The Hall–Kier alpha value is -2.73. The van der Waals surface area contributed by atoms with E-state index in [0.717, 1.165) is 11.1 Å². The Labute approximate surface area is 141 Å². The van der Waals surface area contributed by atoms with Crippen molar-refractivity contribution in [3.63, 3.8) is 0 Å². The second kappa shape index (κ2) is 8.79. The summed E-state index contributed by atoms with van der Waals surface area (Å²) in [6.07, 6.45) is 0. The number of hydroxylamine groups is 1. The SMILES string of the molecule is COc1ccc(OC)c(C(C)NC(=O)NOCc2ccccc2)c1. The molecule has 0 fully saturated rings. The molecule has 0 bridgehead atoms. The Morgan fingerprint density at radius 2 is 1.83 bits per heavy atom. The van der Waals surface area contributed by atoms with Crippen LogP contribution >= 0.6 is 0 Å². The summed E-state index contributed by atoms with van der Waals surface area (Å²) in [6.45, 7) is 2.15. The molecular weight excluding hydrogens is 308 g/mol. The average molecular weight is 330 g/mol. The number of amides is 2. The number of benzene rings is 2. The van der Waals surface area contributed by atoms with Crippen LogP contribution in [0.15, 0.2) is 48.5 Å². The van der Waals surface area contributed by atoms with E-state index >= 15 is 0 Å². The molecule has 2 aromatic carbocycles. The zero-order chi connectivity index (χ0) is 17.4. The van der Waals surface area contributed by atoms with Gasteiger partial charge in [-0.25, -0.2) is 10.3 Å². The number of urea groups is 1. The fourth-order valence-corrected chi connectivity index (χ4v) is 2.24. The number of rotatable bonds is 7. The summed E-state index contributed by atoms with van der Waals surface area (Å²) in [7, 11) is 3.18. The average Bonchev–Trinajstić information content (AvgIpc) is 2.62. The topological polar surface area (TPSA) is 68.8 Å². The largest absolute Gasteiger partial charge is 0.497 e. The highest BCUT2D eigenvalue weighted by atomic mass is 16.7. The summed E-state index contributed by atoms with van der Waals surface area (Å²) < 4.78 is 10.5. The molecule has 2 rings (SSSR count). The molecule has 128 valence electrons. The molecule has 0 aromatic heterocycles. The number of carbonyl (C=O) groups is 1. The Morgan fingerprint density at radius 3 is 2.50 bits per heavy atom. The van der Waals surface area contributed by atoms with Crippen LogP contribution in [0.25, 0.3) is 0 Å². The van der Waals surface area contributed by atoms with E-state index in [4.69, 9.17) is 14.3 Å². The minimum atomic E-state index is -0.427. The molecule has 2 N–H and O–H groups in total. The first-order chi connectivity index (χ1) is 11.6. The Balaban J connectivity index is 1.89. The lowest BCUT2D eigenvalue weighted by molar-refractivity contribution is 0.0483. The maximum absolute atomic E-state index is 12.0. The van der Waals surface area contributed by atoms with E-state index in [9.17, 15) is 4.79 Å². The Kier molecular flexibility index (Phi) is 6.45. The molecule has 1 atom stereocenters. The van der Waals surface area contributed by atoms with Crippen LogP contribution < -0.4 is 20.3 Å². The lowest BCUT2D eigenvalue weighted by atomic mass is 10.1. The summed E-state index contributed by atoms with van der Waals surface area (Å²) in [5, 5.41) is 2.80. The quantitative estimate of drug-likeness (QED) is 0.765. The third-order valence-electron chi connectivity index (χ3n) is 3.50. The number of methoxy groups -OCH3 is 2. The first-order valence-electron chi connectivity index (χ1n) is 7.58. The van der Waals surface area contributed by atoms with Crippen molar-refractivity contribution in [2.75, 3.05) is 14.2 Å². The van der Waals surface area contributed by atoms with Gasteiger partial charge in [-0.2, -0.15) is 0 Å². The summed E-state index contributed by atoms with van der Waals surface area (Å²) in [5.74, 6) is 1.37. The van der Waals surface area contributed by atoms with Gasteiger partial charge in [0, 0.05) is 5.56 Å². The van der Waals surface area contributed by atoms with Crippen molar-refractivity contribution in [1.29, 1.82) is 0 Å². The van der Waals surface area contributed by atoms with E-state index in [-0.39, 0.29) is 6.04 Å². The summed E-state index contributed by atoms with van der Waals surface area (Å²) >= 11 is 0. The predicted molar refractivity (Wildman–Crippen MR) is 90.9 cm³/mol. The molecule has 0 aliphatic heterocycles. The van der Waals surface area contributed by atoms with Gasteiger partial charge in [-0.1, -0.05) is 30.3 Å². The van der Waals surface area contributed by atoms with Crippen LogP contribution in [-0.2, 0) is 11.4 Å². The van der Waals surface area contributed by atoms with Crippen LogP contribution in [0.1, 0.15) is 24.1 Å². The number of hydrogen-bond donors (Lipinski definition) is 2. The maximum Gasteiger partial charge on any atom is 0.339 e. The standard InChI is InChI=1S/C18H22N2O4/c1-13(16-11-15(22-2)9-10-17(16)23-3)19-18(21)20-24-12-14-7-5-4-6-8-14/h4-11,13H,12H2,1-3H3,(H2,19,20,21). The van der Waals surface area contributed by atoms with Crippen molar-refractivity contribution in [3.8, 4) is 11.5 Å². The monoisotopic (exact) mass is 330 g/mol. The molecule has 6 nitrogen and oxygen atoms in total. The van der Waals surface area contributed by atoms with Crippen LogP contribution in [0, 0.1) is 0 Å². The zero-order valence-corrected chi connectivity index (χ0v) is 14.0. The molecule has 0 saturated carbocycles. The fraction of sp³-hybridized carbons (Fsp3) is 0.278. The molecule has 0 radical (unpaired) electrons. The molecule has 0 aliphatic rings. The van der Waals surface area contributed by atoms with E-state index < -0.39 is 6.03 Å². The molecule has 1 unspecified atom stereocenters. The fourth-order valence-electron chi connectivity index (χ4n) is 2.24. The van der Waals surface area contributed by atoms with E-state index in [1.54, 1.807) is 26.4 Å². The van der Waals surface area contributed by atoms with Gasteiger partial charge >= 0.3 is 6.03 Å². The van der Waals surface area contributed by atoms with E-state index in [2.05, 4.69) is 10.8 Å². The molecule has 0 heterocycles. The summed E-state index contributed by atoms with van der Waals surface area (Å²) in [5.41, 5.74) is 4.16. The lowest BCUT2D eigenvalue weighted by Crippen LogP contribution is -2.37. The van der Waals surface area contributed by atoms with Crippen molar-refractivity contribution in [1.82, 2.24) is 10.8 Å². The van der Waals surface area contributed by atoms with Gasteiger partial charge in [0.05, 0.1) is 26.9 Å². The highest BCUT2D eigenvalue weighted by molar-refractivity contribution is 5.73. The number of ether oxygens (including phenoxy) is 2. The smallest absolute Gasteiger partial charge is 0.339 e. The van der Waals surface area contributed by atoms with Crippen LogP contribution in [-0.4, -0.2) is 20.3 Å². The van der Waals surface area contributed by atoms with Gasteiger partial charge in [0.1, 0.15) is 11.5 Å². The summed E-state index contributed by atoms with van der Waals surface area (Å²) in [6, 6.07) is 14.3. The van der Waals surface area contributed by atoms with Gasteiger partial charge in [-0.05, 0) is 30.7 Å². The Bertz CT molecular complexity index is 661. The third kappa shape index (κ3) is 4.89. The van der Waals surface area contributed by atoms with Crippen LogP contribution in [0.3, 0.4) is 0 Å². The highest BCUT2D eigenvalue weighted by Crippen LogP contribution is 2.29. The maximum atomic E-state index is 12.0. The Morgan fingerprint density at radius 1 is 1.08 bits per heavy atom. The minimum absolute atomic E-state index is 0.282. The second-order valence-electron chi connectivity index (χ2n) is 5.18. The van der Waals surface area contributed by atoms with Crippen molar-refractivity contribution in [3.05, 3.63) is 59.7 Å². The van der Waals surface area contributed by atoms with E-state index in [1.165, 1.54) is 0 Å². The minimum Gasteiger partial charge on any atom is -0.497 e. The molecule has 0 saturated heterocycles. The third-order valence-corrected chi connectivity index (χ3v) is 3.50. The van der Waals surface area contributed by atoms with Gasteiger partial charge in [0.2, 0.25) is 0 Å². The van der Waals surface area contributed by atoms with Gasteiger partial charge in [0.25, 0.3) is 0 Å². The highest BCUT2D eigenvalue weighted by Gasteiger charge is 2.15. The van der Waals surface area contributed by atoms with Gasteiger partial charge < -0.3 is 14.8 Å². The van der Waals surface area contributed by atoms with Gasteiger partial charge in [0.15, 0.2) is 0 Å². The van der Waals surface area contributed by atoms with Crippen LogP contribution in [0.5, 0.6) is 11.5 Å². The van der Waals surface area contributed by atoms with E-state index in [0.29, 0.717) is 18.1 Å². The normalized spacial score (nSPS) is 11.5. The van der Waals surface area contributed by atoms with E-state index in [1.807, 2.05) is 43.3 Å². The molecule has 24 heavy (non-hydrogen) atoms. The number of nitrogens with one attached hydrogen (secondary N) is 2. The van der Waals surface area contributed by atoms with Crippen molar-refractivity contribution >= 4 is 6.03 Å². The molecule has 0 aliphatic carbocycles. The molecule has 0 spiro atoms. The summed E-state index contributed by atoms with van der Waals surface area (Å²) in [4.78, 5) is 17.2. The van der Waals surface area contributed by atoms with Crippen molar-refractivity contribution < 1.29 is 19.1 Å². The molecule has 2 aromatic rings. The number of carbonyl (C=O) groups excluding carboxylic acids is 1. The van der Waals surface area contributed by atoms with Gasteiger partial charge in [-0.15, -0.1) is 0 Å². The van der Waals surface area contributed by atoms with Crippen molar-refractivity contribution in [2.45, 2.75) is 19.6 Å². The predicted octanol–water partition coefficient (Wildman–Crippen LogP) is 3.20.